The molecule has 188 valence electrons. The molecule has 0 unspecified atom stereocenters. The standard InChI is InChI=1S/C13H16N2O4.C11H12ClNO3/c1-2-19-13(18)10-6-8(12(16)17)7-11(15-10)14-9-4-3-5-9;1-4-16-7(2)9-5-8(11(14)15-3)6-10(12)13-9/h6-7,9H,2-5H2,1H3,(H,14,15)(H,16,17);5-6H,2,4H2,1,3H3. The Morgan fingerprint density at radius 1 is 1.03 bits per heavy atom. The number of halogens is 1. The molecule has 10 nitrogen and oxygen atoms in total. The van der Waals surface area contributed by atoms with Crippen LogP contribution in [0.5, 0.6) is 0 Å². The SMILES string of the molecule is C=C(OCC)c1cc(C(=O)OC)cc(Cl)n1.CCOC(=O)c1cc(C(=O)O)cc(NC2CCC2)n1. The van der Waals surface area contributed by atoms with E-state index in [0.29, 0.717) is 35.5 Å². The molecule has 0 aliphatic heterocycles. The average molecular weight is 506 g/mol. The lowest BCUT2D eigenvalue weighted by atomic mass is 9.93. The number of rotatable bonds is 9. The van der Waals surface area contributed by atoms with Crippen LogP contribution in [-0.4, -0.2) is 59.3 Å². The number of nitrogens with one attached hydrogen (secondary N) is 1. The van der Waals surface area contributed by atoms with E-state index in [1.165, 1.54) is 31.4 Å². The van der Waals surface area contributed by atoms with E-state index in [0.717, 1.165) is 19.3 Å². The molecule has 0 bridgehead atoms. The lowest BCUT2D eigenvalue weighted by Gasteiger charge is -2.27. The van der Waals surface area contributed by atoms with Crippen molar-refractivity contribution in [1.29, 1.82) is 0 Å². The zero-order valence-electron chi connectivity index (χ0n) is 19.8. The van der Waals surface area contributed by atoms with Crippen LogP contribution in [0.15, 0.2) is 30.8 Å². The fraction of sp³-hybridized carbons (Fsp3) is 0.375. The first kappa shape index (κ1) is 27.6. The van der Waals surface area contributed by atoms with Gasteiger partial charge in [-0.25, -0.2) is 24.4 Å². The zero-order valence-corrected chi connectivity index (χ0v) is 20.6. The van der Waals surface area contributed by atoms with Crippen molar-refractivity contribution in [2.75, 3.05) is 25.6 Å². The summed E-state index contributed by atoms with van der Waals surface area (Å²) in [4.78, 5) is 42.1. The highest BCUT2D eigenvalue weighted by Gasteiger charge is 2.20. The largest absolute Gasteiger partial charge is 0.492 e. The van der Waals surface area contributed by atoms with Gasteiger partial charge in [-0.05, 0) is 57.4 Å². The molecule has 2 N–H and O–H groups in total. The number of aromatic carboxylic acids is 1. The number of carbonyl (C=O) groups is 3. The number of nitrogens with zero attached hydrogens (tertiary/aromatic N) is 2. The minimum atomic E-state index is -1.09. The molecule has 35 heavy (non-hydrogen) atoms. The second-order valence-corrected chi connectivity index (χ2v) is 7.72. The third kappa shape index (κ3) is 8.25. The van der Waals surface area contributed by atoms with Crippen molar-refractivity contribution in [3.05, 3.63) is 58.5 Å². The summed E-state index contributed by atoms with van der Waals surface area (Å²) in [6.07, 6.45) is 3.22. The van der Waals surface area contributed by atoms with Crippen LogP contribution in [0, 0.1) is 0 Å². The van der Waals surface area contributed by atoms with Crippen LogP contribution in [0.1, 0.15) is 70.0 Å². The first-order valence-electron chi connectivity index (χ1n) is 10.9. The van der Waals surface area contributed by atoms with Gasteiger partial charge in [0, 0.05) is 6.04 Å². The smallest absolute Gasteiger partial charge is 0.357 e. The Labute approximate surface area is 208 Å². The van der Waals surface area contributed by atoms with Gasteiger partial charge in [0.05, 0.1) is 31.5 Å². The van der Waals surface area contributed by atoms with Crippen LogP contribution in [0.3, 0.4) is 0 Å². The van der Waals surface area contributed by atoms with Crippen molar-refractivity contribution in [2.45, 2.75) is 39.2 Å². The van der Waals surface area contributed by atoms with Crippen LogP contribution in [-0.2, 0) is 14.2 Å². The summed E-state index contributed by atoms with van der Waals surface area (Å²) in [6, 6.07) is 5.92. The van der Waals surface area contributed by atoms with Crippen molar-refractivity contribution in [3.63, 3.8) is 0 Å². The molecule has 11 heteroatoms. The summed E-state index contributed by atoms with van der Waals surface area (Å²) in [6.45, 7) is 7.90. The first-order chi connectivity index (χ1) is 16.7. The summed E-state index contributed by atoms with van der Waals surface area (Å²) in [5, 5.41) is 12.4. The molecule has 3 rings (SSSR count). The number of aromatic nitrogens is 2. The molecule has 2 heterocycles. The molecule has 0 saturated heterocycles. The molecular formula is C24H28ClN3O7. The van der Waals surface area contributed by atoms with Gasteiger partial charge >= 0.3 is 17.9 Å². The Kier molecular flexibility index (Phi) is 10.5. The maximum atomic E-state index is 11.6. The van der Waals surface area contributed by atoms with Gasteiger partial charge in [0.1, 0.15) is 22.4 Å². The van der Waals surface area contributed by atoms with Crippen molar-refractivity contribution >= 4 is 41.1 Å². The summed E-state index contributed by atoms with van der Waals surface area (Å²) < 4.78 is 14.6. The Hall–Kier alpha value is -3.66. The number of methoxy groups -OCH3 is 1. The third-order valence-electron chi connectivity index (χ3n) is 4.83. The minimum Gasteiger partial charge on any atom is -0.492 e. The molecule has 1 fully saturated rings. The summed E-state index contributed by atoms with van der Waals surface area (Å²) in [5.74, 6) is -1.40. The van der Waals surface area contributed by atoms with E-state index < -0.39 is 17.9 Å². The van der Waals surface area contributed by atoms with Gasteiger partial charge in [-0.1, -0.05) is 18.2 Å². The quantitative estimate of drug-likeness (QED) is 0.285. The normalized spacial score (nSPS) is 12.3. The lowest BCUT2D eigenvalue weighted by Crippen LogP contribution is -2.28. The Balaban J connectivity index is 0.000000251. The van der Waals surface area contributed by atoms with Gasteiger partial charge in [0.25, 0.3) is 0 Å². The second kappa shape index (κ2) is 13.3. The molecular weight excluding hydrogens is 478 g/mol. The van der Waals surface area contributed by atoms with Crippen LogP contribution < -0.4 is 5.32 Å². The topological polar surface area (TPSA) is 137 Å². The lowest BCUT2D eigenvalue weighted by molar-refractivity contribution is 0.0518. The number of ether oxygens (including phenoxy) is 3. The van der Waals surface area contributed by atoms with Gasteiger partial charge < -0.3 is 24.6 Å². The first-order valence-corrected chi connectivity index (χ1v) is 11.3. The fourth-order valence-electron chi connectivity index (χ4n) is 2.92. The molecule has 0 amide bonds. The predicted molar refractivity (Wildman–Crippen MR) is 130 cm³/mol. The zero-order chi connectivity index (χ0) is 26.0. The van der Waals surface area contributed by atoms with Gasteiger partial charge in [0.15, 0.2) is 5.69 Å². The minimum absolute atomic E-state index is 0.0172. The summed E-state index contributed by atoms with van der Waals surface area (Å²) in [5.41, 5.74) is 0.788. The summed E-state index contributed by atoms with van der Waals surface area (Å²) in [7, 11) is 1.30. The Bertz CT molecular complexity index is 1090. The molecule has 2 aromatic heterocycles. The number of carbonyl (C=O) groups excluding carboxylic acids is 2. The third-order valence-corrected chi connectivity index (χ3v) is 5.03. The van der Waals surface area contributed by atoms with E-state index in [-0.39, 0.29) is 23.0 Å². The molecule has 0 radical (unpaired) electrons. The number of carboxylic acids is 1. The highest BCUT2D eigenvalue weighted by molar-refractivity contribution is 6.29. The summed E-state index contributed by atoms with van der Waals surface area (Å²) >= 11 is 5.78. The number of anilines is 1. The highest BCUT2D eigenvalue weighted by Crippen LogP contribution is 2.23. The van der Waals surface area contributed by atoms with Crippen LogP contribution in [0.4, 0.5) is 5.82 Å². The van der Waals surface area contributed by atoms with E-state index in [1.807, 2.05) is 6.92 Å². The Morgan fingerprint density at radius 2 is 1.69 bits per heavy atom. The van der Waals surface area contributed by atoms with E-state index in [4.69, 9.17) is 26.2 Å². The predicted octanol–water partition coefficient (Wildman–Crippen LogP) is 4.45. The van der Waals surface area contributed by atoms with Gasteiger partial charge in [-0.2, -0.15) is 0 Å². The number of carboxylic acid groups (broad SMARTS) is 1. The number of esters is 2. The van der Waals surface area contributed by atoms with Gasteiger partial charge in [-0.15, -0.1) is 0 Å². The van der Waals surface area contributed by atoms with Crippen molar-refractivity contribution in [1.82, 2.24) is 9.97 Å². The molecule has 1 saturated carbocycles. The number of pyridine rings is 2. The maximum absolute atomic E-state index is 11.6. The highest BCUT2D eigenvalue weighted by atomic mass is 35.5. The Morgan fingerprint density at radius 3 is 2.23 bits per heavy atom. The molecule has 0 spiro atoms. The molecule has 1 aliphatic rings. The number of hydrogen-bond acceptors (Lipinski definition) is 9. The number of hydrogen-bond donors (Lipinski definition) is 2. The van der Waals surface area contributed by atoms with Crippen molar-refractivity contribution < 1.29 is 33.7 Å². The van der Waals surface area contributed by atoms with E-state index in [1.54, 1.807) is 6.92 Å². The molecule has 1 aliphatic carbocycles. The van der Waals surface area contributed by atoms with Crippen LogP contribution in [0.2, 0.25) is 5.15 Å². The van der Waals surface area contributed by atoms with E-state index in [2.05, 4.69) is 26.6 Å². The molecule has 0 atom stereocenters. The van der Waals surface area contributed by atoms with Crippen molar-refractivity contribution in [3.8, 4) is 0 Å². The van der Waals surface area contributed by atoms with Crippen molar-refractivity contribution in [2.24, 2.45) is 0 Å². The second-order valence-electron chi connectivity index (χ2n) is 7.34. The average Bonchev–Trinajstić information content (AvgIpc) is 2.81. The van der Waals surface area contributed by atoms with Gasteiger partial charge in [-0.3, -0.25) is 0 Å². The van der Waals surface area contributed by atoms with Crippen LogP contribution in [0.25, 0.3) is 5.76 Å². The fourth-order valence-corrected chi connectivity index (χ4v) is 3.13. The molecule has 0 aromatic carbocycles. The van der Waals surface area contributed by atoms with Gasteiger partial charge in [0.2, 0.25) is 0 Å². The molecule has 2 aromatic rings. The van der Waals surface area contributed by atoms with Crippen LogP contribution >= 0.6 is 11.6 Å². The maximum Gasteiger partial charge on any atom is 0.357 e. The van der Waals surface area contributed by atoms with E-state index in [9.17, 15) is 14.4 Å². The monoisotopic (exact) mass is 505 g/mol. The van der Waals surface area contributed by atoms with E-state index >= 15 is 0 Å².